The molecule has 3 rings (SSSR count). The molecule has 0 spiro atoms. The summed E-state index contributed by atoms with van der Waals surface area (Å²) in [4.78, 5) is 2.48. The largest absolute Gasteiger partial charge is 0.379 e. The van der Waals surface area contributed by atoms with Gasteiger partial charge in [-0.1, -0.05) is 24.3 Å². The second-order valence-electron chi connectivity index (χ2n) is 4.64. The van der Waals surface area contributed by atoms with Crippen molar-refractivity contribution in [1.29, 1.82) is 0 Å². The highest BCUT2D eigenvalue weighted by Crippen LogP contribution is 2.32. The molecule has 2 aliphatic rings. The van der Waals surface area contributed by atoms with E-state index in [1.54, 1.807) is 0 Å². The van der Waals surface area contributed by atoms with Crippen molar-refractivity contribution < 1.29 is 4.74 Å². The van der Waals surface area contributed by atoms with Crippen molar-refractivity contribution in [2.75, 3.05) is 26.3 Å². The number of hydrogen-bond acceptors (Lipinski definition) is 3. The van der Waals surface area contributed by atoms with E-state index in [1.165, 1.54) is 11.1 Å². The van der Waals surface area contributed by atoms with Gasteiger partial charge in [0.15, 0.2) is 0 Å². The minimum atomic E-state index is 0.175. The van der Waals surface area contributed by atoms with Gasteiger partial charge in [-0.3, -0.25) is 4.90 Å². The third-order valence-corrected chi connectivity index (χ3v) is 3.77. The topological polar surface area (TPSA) is 38.5 Å². The van der Waals surface area contributed by atoms with E-state index in [9.17, 15) is 0 Å². The number of ether oxygens (including phenoxy) is 1. The molecule has 86 valence electrons. The normalized spacial score (nSPS) is 30.3. The van der Waals surface area contributed by atoms with Crippen molar-refractivity contribution in [3.05, 3.63) is 35.4 Å². The van der Waals surface area contributed by atoms with Crippen LogP contribution in [0.4, 0.5) is 0 Å². The fraction of sp³-hybridized carbons (Fsp3) is 0.538. The highest BCUT2D eigenvalue weighted by atomic mass is 16.5. The van der Waals surface area contributed by atoms with Gasteiger partial charge in [0, 0.05) is 25.2 Å². The van der Waals surface area contributed by atoms with Crippen LogP contribution in [-0.2, 0) is 11.2 Å². The summed E-state index contributed by atoms with van der Waals surface area (Å²) >= 11 is 0. The van der Waals surface area contributed by atoms with Gasteiger partial charge in [-0.05, 0) is 17.5 Å². The highest BCUT2D eigenvalue weighted by Gasteiger charge is 2.34. The molecule has 1 fully saturated rings. The van der Waals surface area contributed by atoms with Gasteiger partial charge in [-0.25, -0.2) is 0 Å². The van der Waals surface area contributed by atoms with Gasteiger partial charge in [0.25, 0.3) is 0 Å². The van der Waals surface area contributed by atoms with Crippen molar-refractivity contribution in [3.8, 4) is 0 Å². The highest BCUT2D eigenvalue weighted by molar-refractivity contribution is 5.36. The lowest BCUT2D eigenvalue weighted by Gasteiger charge is -2.34. The van der Waals surface area contributed by atoms with Crippen molar-refractivity contribution in [2.24, 2.45) is 5.73 Å². The summed E-state index contributed by atoms with van der Waals surface area (Å²) in [6.45, 7) is 3.73. The van der Waals surface area contributed by atoms with Crippen LogP contribution in [0, 0.1) is 0 Å². The molecular weight excluding hydrogens is 200 g/mol. The zero-order valence-corrected chi connectivity index (χ0v) is 9.43. The summed E-state index contributed by atoms with van der Waals surface area (Å²) in [5, 5.41) is 0. The van der Waals surface area contributed by atoms with E-state index in [0.29, 0.717) is 6.04 Å². The average Bonchev–Trinajstić information content (AvgIpc) is 2.69. The molecule has 0 saturated carbocycles. The summed E-state index contributed by atoms with van der Waals surface area (Å²) in [5.41, 5.74) is 9.09. The molecule has 2 atom stereocenters. The first-order valence-corrected chi connectivity index (χ1v) is 6.01. The second-order valence-corrected chi connectivity index (χ2v) is 4.64. The smallest absolute Gasteiger partial charge is 0.0594 e. The first kappa shape index (κ1) is 10.3. The Morgan fingerprint density at radius 1 is 1.19 bits per heavy atom. The first-order valence-electron chi connectivity index (χ1n) is 6.01. The lowest BCUT2D eigenvalue weighted by atomic mass is 10.1. The van der Waals surface area contributed by atoms with Crippen LogP contribution < -0.4 is 5.73 Å². The van der Waals surface area contributed by atoms with Crippen LogP contribution in [0.1, 0.15) is 17.2 Å². The minimum absolute atomic E-state index is 0.175. The fourth-order valence-corrected chi connectivity index (χ4v) is 2.87. The monoisotopic (exact) mass is 218 g/mol. The predicted octanol–water partition coefficient (Wildman–Crippen LogP) is 0.943. The summed E-state index contributed by atoms with van der Waals surface area (Å²) in [6.07, 6.45) is 1.09. The Kier molecular flexibility index (Phi) is 2.67. The quantitative estimate of drug-likeness (QED) is 0.762. The molecule has 1 aliphatic heterocycles. The zero-order chi connectivity index (χ0) is 11.0. The van der Waals surface area contributed by atoms with Crippen LogP contribution in [-0.4, -0.2) is 37.2 Å². The van der Waals surface area contributed by atoms with Gasteiger partial charge in [0.1, 0.15) is 0 Å². The fourth-order valence-electron chi connectivity index (χ4n) is 2.87. The van der Waals surface area contributed by atoms with Crippen LogP contribution in [0.15, 0.2) is 24.3 Å². The number of nitrogens with zero attached hydrogens (tertiary/aromatic N) is 1. The van der Waals surface area contributed by atoms with Gasteiger partial charge < -0.3 is 10.5 Å². The van der Waals surface area contributed by atoms with Crippen molar-refractivity contribution in [1.82, 2.24) is 4.90 Å². The van der Waals surface area contributed by atoms with Crippen molar-refractivity contribution in [3.63, 3.8) is 0 Å². The maximum atomic E-state index is 6.34. The first-order chi connectivity index (χ1) is 7.86. The zero-order valence-electron chi connectivity index (χ0n) is 9.43. The van der Waals surface area contributed by atoms with E-state index < -0.39 is 0 Å². The van der Waals surface area contributed by atoms with Crippen LogP contribution in [0.3, 0.4) is 0 Å². The molecule has 1 aromatic rings. The van der Waals surface area contributed by atoms with Crippen molar-refractivity contribution >= 4 is 0 Å². The number of fused-ring (bicyclic) bond motifs is 1. The molecule has 1 saturated heterocycles. The van der Waals surface area contributed by atoms with E-state index in [2.05, 4.69) is 29.2 Å². The predicted molar refractivity (Wildman–Crippen MR) is 63.3 cm³/mol. The summed E-state index contributed by atoms with van der Waals surface area (Å²) in [5.74, 6) is 0. The number of nitrogens with two attached hydrogens (primary N) is 1. The van der Waals surface area contributed by atoms with Gasteiger partial charge in [0.05, 0.1) is 13.2 Å². The van der Waals surface area contributed by atoms with Crippen LogP contribution in [0.5, 0.6) is 0 Å². The van der Waals surface area contributed by atoms with E-state index >= 15 is 0 Å². The van der Waals surface area contributed by atoms with E-state index in [4.69, 9.17) is 10.5 Å². The van der Waals surface area contributed by atoms with Gasteiger partial charge in [-0.2, -0.15) is 0 Å². The SMILES string of the molecule is NC1c2ccccc2CC1N1CCOCC1. The summed E-state index contributed by atoms with van der Waals surface area (Å²) in [6, 6.07) is 9.21. The second kappa shape index (κ2) is 4.17. The number of hydrogen-bond donors (Lipinski definition) is 1. The Hall–Kier alpha value is -0.900. The van der Waals surface area contributed by atoms with E-state index in [1.807, 2.05) is 0 Å². The van der Waals surface area contributed by atoms with Gasteiger partial charge in [-0.15, -0.1) is 0 Å². The number of rotatable bonds is 1. The Balaban J connectivity index is 1.80. The molecular formula is C13H18N2O. The Bertz CT molecular complexity index is 374. The maximum absolute atomic E-state index is 6.34. The standard InChI is InChI=1S/C13H18N2O/c14-13-11-4-2-1-3-10(11)9-12(13)15-5-7-16-8-6-15/h1-4,12-13H,5-9,14H2. The third-order valence-electron chi connectivity index (χ3n) is 3.77. The van der Waals surface area contributed by atoms with E-state index in [0.717, 1.165) is 32.7 Å². The summed E-state index contributed by atoms with van der Waals surface area (Å²) in [7, 11) is 0. The van der Waals surface area contributed by atoms with Crippen LogP contribution in [0.2, 0.25) is 0 Å². The molecule has 0 aromatic heterocycles. The molecule has 3 heteroatoms. The minimum Gasteiger partial charge on any atom is -0.379 e. The molecule has 0 radical (unpaired) electrons. The lowest BCUT2D eigenvalue weighted by Crippen LogP contribution is -2.47. The molecule has 1 aliphatic carbocycles. The van der Waals surface area contributed by atoms with Gasteiger partial charge >= 0.3 is 0 Å². The van der Waals surface area contributed by atoms with E-state index in [-0.39, 0.29) is 6.04 Å². The number of benzene rings is 1. The Morgan fingerprint density at radius 2 is 1.94 bits per heavy atom. The molecule has 0 amide bonds. The summed E-state index contributed by atoms with van der Waals surface area (Å²) < 4.78 is 5.39. The van der Waals surface area contributed by atoms with Gasteiger partial charge in [0.2, 0.25) is 0 Å². The third kappa shape index (κ3) is 1.65. The molecule has 1 heterocycles. The lowest BCUT2D eigenvalue weighted by molar-refractivity contribution is 0.0135. The molecule has 16 heavy (non-hydrogen) atoms. The average molecular weight is 218 g/mol. The Morgan fingerprint density at radius 3 is 2.69 bits per heavy atom. The molecule has 2 unspecified atom stereocenters. The van der Waals surface area contributed by atoms with Crippen molar-refractivity contribution in [2.45, 2.75) is 18.5 Å². The number of morpholine rings is 1. The molecule has 0 bridgehead atoms. The molecule has 2 N–H and O–H groups in total. The van der Waals surface area contributed by atoms with Crippen LogP contribution in [0.25, 0.3) is 0 Å². The molecule has 1 aromatic carbocycles. The maximum Gasteiger partial charge on any atom is 0.0594 e. The Labute approximate surface area is 96.2 Å². The molecule has 3 nitrogen and oxygen atoms in total. The van der Waals surface area contributed by atoms with Crippen LogP contribution >= 0.6 is 0 Å².